The summed E-state index contributed by atoms with van der Waals surface area (Å²) in [5.74, 6) is -0.0249. The van der Waals surface area contributed by atoms with E-state index in [1.165, 1.54) is 0 Å². The van der Waals surface area contributed by atoms with Crippen LogP contribution in [0.15, 0.2) is 24.3 Å². The van der Waals surface area contributed by atoms with E-state index in [-0.39, 0.29) is 11.8 Å². The second-order valence-electron chi connectivity index (χ2n) is 4.95. The monoisotopic (exact) mass is 249 g/mol. The summed E-state index contributed by atoms with van der Waals surface area (Å²) in [5.41, 5.74) is 7.41. The average Bonchev–Trinajstić information content (AvgIpc) is 2.34. The van der Waals surface area contributed by atoms with Crippen LogP contribution in [-0.2, 0) is 4.79 Å². The van der Waals surface area contributed by atoms with Crippen LogP contribution >= 0.6 is 0 Å². The third kappa shape index (κ3) is 4.04. The highest BCUT2D eigenvalue weighted by Gasteiger charge is 2.19. The van der Waals surface area contributed by atoms with Crippen LogP contribution in [-0.4, -0.2) is 49.9 Å². The van der Waals surface area contributed by atoms with Gasteiger partial charge in [0.25, 0.3) is 0 Å². The number of nitrogens with zero attached hydrogens (tertiary/aromatic N) is 2. The molecule has 18 heavy (non-hydrogen) atoms. The molecule has 4 nitrogen and oxygen atoms in total. The number of carbonyl (C=O) groups excluding carboxylic acids is 1. The highest BCUT2D eigenvalue weighted by Crippen LogP contribution is 2.19. The number of carbonyl (C=O) groups is 1. The number of benzene rings is 1. The molecule has 0 aliphatic rings. The zero-order valence-electron chi connectivity index (χ0n) is 11.7. The van der Waals surface area contributed by atoms with Gasteiger partial charge in [-0.1, -0.05) is 12.1 Å². The molecule has 100 valence electrons. The third-order valence-electron chi connectivity index (χ3n) is 3.04. The standard InChI is InChI=1S/C14H23N3O/c1-11(12-6-5-7-13(15)10-12)14(18)17(4)9-8-16(2)3/h5-7,10-11H,8-9,15H2,1-4H3. The van der Waals surface area contributed by atoms with Gasteiger partial charge in [-0.3, -0.25) is 4.79 Å². The van der Waals surface area contributed by atoms with E-state index in [0.717, 1.165) is 18.7 Å². The van der Waals surface area contributed by atoms with Gasteiger partial charge >= 0.3 is 0 Å². The Labute approximate surface area is 109 Å². The largest absolute Gasteiger partial charge is 0.399 e. The predicted octanol–water partition coefficient (Wildman–Crippen LogP) is 1.39. The SMILES string of the molecule is CC(C(=O)N(C)CCN(C)C)c1cccc(N)c1. The lowest BCUT2D eigenvalue weighted by molar-refractivity contribution is -0.131. The van der Waals surface area contributed by atoms with E-state index in [1.54, 1.807) is 4.90 Å². The molecule has 1 aromatic carbocycles. The first kappa shape index (κ1) is 14.5. The molecule has 1 unspecified atom stereocenters. The molecule has 0 aliphatic carbocycles. The minimum atomic E-state index is -0.152. The van der Waals surface area contributed by atoms with Crippen molar-refractivity contribution in [2.24, 2.45) is 0 Å². The van der Waals surface area contributed by atoms with Gasteiger partial charge in [-0.05, 0) is 38.7 Å². The quantitative estimate of drug-likeness (QED) is 0.802. The second kappa shape index (κ2) is 6.40. The molecule has 0 heterocycles. The van der Waals surface area contributed by atoms with Gasteiger partial charge in [-0.25, -0.2) is 0 Å². The Morgan fingerprint density at radius 2 is 1.94 bits per heavy atom. The van der Waals surface area contributed by atoms with Gasteiger partial charge in [-0.15, -0.1) is 0 Å². The number of amides is 1. The Morgan fingerprint density at radius 1 is 1.28 bits per heavy atom. The molecular formula is C14H23N3O. The number of nitrogens with two attached hydrogens (primary N) is 1. The summed E-state index contributed by atoms with van der Waals surface area (Å²) < 4.78 is 0. The van der Waals surface area contributed by atoms with Gasteiger partial charge in [0.15, 0.2) is 0 Å². The number of hydrogen-bond donors (Lipinski definition) is 1. The predicted molar refractivity (Wildman–Crippen MR) is 75.5 cm³/mol. The van der Waals surface area contributed by atoms with Crippen LogP contribution in [0.3, 0.4) is 0 Å². The van der Waals surface area contributed by atoms with E-state index in [1.807, 2.05) is 52.3 Å². The molecule has 2 N–H and O–H groups in total. The maximum atomic E-state index is 12.2. The van der Waals surface area contributed by atoms with Crippen molar-refractivity contribution in [1.82, 2.24) is 9.80 Å². The molecule has 0 fully saturated rings. The first-order valence-electron chi connectivity index (χ1n) is 6.17. The molecule has 4 heteroatoms. The van der Waals surface area contributed by atoms with Crippen molar-refractivity contribution in [3.05, 3.63) is 29.8 Å². The van der Waals surface area contributed by atoms with Gasteiger partial charge in [-0.2, -0.15) is 0 Å². The summed E-state index contributed by atoms with van der Waals surface area (Å²) in [6.45, 7) is 3.52. The van der Waals surface area contributed by atoms with Gasteiger partial charge in [0, 0.05) is 25.8 Å². The van der Waals surface area contributed by atoms with Crippen LogP contribution in [0.1, 0.15) is 18.4 Å². The van der Waals surface area contributed by atoms with E-state index in [2.05, 4.69) is 4.90 Å². The van der Waals surface area contributed by atoms with E-state index < -0.39 is 0 Å². The maximum absolute atomic E-state index is 12.2. The van der Waals surface area contributed by atoms with E-state index >= 15 is 0 Å². The number of nitrogen functional groups attached to an aromatic ring is 1. The Balaban J connectivity index is 2.66. The minimum Gasteiger partial charge on any atom is -0.399 e. The Bertz CT molecular complexity index is 404. The topological polar surface area (TPSA) is 49.6 Å². The van der Waals surface area contributed by atoms with Crippen LogP contribution in [0.4, 0.5) is 5.69 Å². The highest BCUT2D eigenvalue weighted by molar-refractivity contribution is 5.83. The van der Waals surface area contributed by atoms with Gasteiger partial charge in [0.2, 0.25) is 5.91 Å². The summed E-state index contributed by atoms with van der Waals surface area (Å²) >= 11 is 0. The number of anilines is 1. The molecule has 0 aromatic heterocycles. The third-order valence-corrected chi connectivity index (χ3v) is 3.04. The lowest BCUT2D eigenvalue weighted by Crippen LogP contribution is -2.35. The minimum absolute atomic E-state index is 0.127. The Hall–Kier alpha value is -1.55. The summed E-state index contributed by atoms with van der Waals surface area (Å²) in [4.78, 5) is 16.1. The number of rotatable bonds is 5. The van der Waals surface area contributed by atoms with Crippen molar-refractivity contribution >= 4 is 11.6 Å². The fourth-order valence-corrected chi connectivity index (χ4v) is 1.76. The average molecular weight is 249 g/mol. The summed E-state index contributed by atoms with van der Waals surface area (Å²) in [6.07, 6.45) is 0. The zero-order chi connectivity index (χ0) is 13.7. The smallest absolute Gasteiger partial charge is 0.229 e. The molecule has 0 spiro atoms. The molecule has 0 radical (unpaired) electrons. The number of hydrogen-bond acceptors (Lipinski definition) is 3. The second-order valence-corrected chi connectivity index (χ2v) is 4.95. The maximum Gasteiger partial charge on any atom is 0.229 e. The number of likely N-dealkylation sites (N-methyl/N-ethyl adjacent to an activating group) is 2. The van der Waals surface area contributed by atoms with Crippen molar-refractivity contribution in [1.29, 1.82) is 0 Å². The normalized spacial score (nSPS) is 12.5. The van der Waals surface area contributed by atoms with Crippen molar-refractivity contribution in [2.45, 2.75) is 12.8 Å². The Morgan fingerprint density at radius 3 is 2.50 bits per heavy atom. The van der Waals surface area contributed by atoms with Crippen LogP contribution < -0.4 is 5.73 Å². The van der Waals surface area contributed by atoms with Crippen molar-refractivity contribution in [3.8, 4) is 0 Å². The zero-order valence-corrected chi connectivity index (χ0v) is 11.7. The molecule has 0 aliphatic heterocycles. The lowest BCUT2D eigenvalue weighted by Gasteiger charge is -2.23. The Kier molecular flexibility index (Phi) is 5.16. The molecular weight excluding hydrogens is 226 g/mol. The molecule has 0 saturated heterocycles. The van der Waals surface area contributed by atoms with E-state index in [0.29, 0.717) is 5.69 Å². The molecule has 1 amide bonds. The van der Waals surface area contributed by atoms with Crippen molar-refractivity contribution in [3.63, 3.8) is 0 Å². The molecule has 0 saturated carbocycles. The van der Waals surface area contributed by atoms with Gasteiger partial charge < -0.3 is 15.5 Å². The summed E-state index contributed by atoms with van der Waals surface area (Å²) in [5, 5.41) is 0. The lowest BCUT2D eigenvalue weighted by atomic mass is 9.99. The van der Waals surface area contributed by atoms with Gasteiger partial charge in [0.05, 0.1) is 5.92 Å². The van der Waals surface area contributed by atoms with Gasteiger partial charge in [0.1, 0.15) is 0 Å². The first-order chi connectivity index (χ1) is 8.41. The van der Waals surface area contributed by atoms with E-state index in [4.69, 9.17) is 5.73 Å². The molecule has 1 atom stereocenters. The molecule has 1 aromatic rings. The first-order valence-corrected chi connectivity index (χ1v) is 6.17. The van der Waals surface area contributed by atoms with Crippen LogP contribution in [0.2, 0.25) is 0 Å². The summed E-state index contributed by atoms with van der Waals surface area (Å²) in [6, 6.07) is 7.52. The fourth-order valence-electron chi connectivity index (χ4n) is 1.76. The van der Waals surface area contributed by atoms with Crippen LogP contribution in [0.25, 0.3) is 0 Å². The highest BCUT2D eigenvalue weighted by atomic mass is 16.2. The van der Waals surface area contributed by atoms with Crippen LogP contribution in [0, 0.1) is 0 Å². The van der Waals surface area contributed by atoms with Crippen molar-refractivity contribution in [2.75, 3.05) is 40.0 Å². The molecule has 0 bridgehead atoms. The van der Waals surface area contributed by atoms with Crippen LogP contribution in [0.5, 0.6) is 0 Å². The van der Waals surface area contributed by atoms with E-state index in [9.17, 15) is 4.79 Å². The molecule has 1 rings (SSSR count). The van der Waals surface area contributed by atoms with Crippen molar-refractivity contribution < 1.29 is 4.79 Å². The fraction of sp³-hybridized carbons (Fsp3) is 0.500. The summed E-state index contributed by atoms with van der Waals surface area (Å²) in [7, 11) is 5.84.